The van der Waals surface area contributed by atoms with Gasteiger partial charge in [-0.05, 0) is 30.5 Å². The Kier molecular flexibility index (Phi) is 2.11. The number of nitrogens with zero attached hydrogens (tertiary/aromatic N) is 1. The number of amides is 2. The Morgan fingerprint density at radius 1 is 1.20 bits per heavy atom. The minimum absolute atomic E-state index is 0.185. The molecule has 2 amide bonds. The predicted octanol–water partition coefficient (Wildman–Crippen LogP) is 1.78. The number of hydrogen-bond acceptors (Lipinski definition) is 2. The van der Waals surface area contributed by atoms with Gasteiger partial charge in [0.15, 0.2) is 0 Å². The van der Waals surface area contributed by atoms with E-state index in [-0.39, 0.29) is 11.8 Å². The quantitative estimate of drug-likeness (QED) is 0.652. The van der Waals surface area contributed by atoms with Gasteiger partial charge in [-0.3, -0.25) is 14.5 Å². The molecule has 0 unspecified atom stereocenters. The second-order valence-electron chi connectivity index (χ2n) is 3.86. The van der Waals surface area contributed by atoms with Crippen LogP contribution in [-0.4, -0.2) is 23.8 Å². The lowest BCUT2D eigenvalue weighted by Crippen LogP contribution is -2.24. The number of aryl methyl sites for hydroxylation is 2. The fraction of sp³-hybridized carbons (Fsp3) is 0.333. The monoisotopic (exact) mass is 203 g/mol. The van der Waals surface area contributed by atoms with Crippen molar-refractivity contribution in [2.45, 2.75) is 20.3 Å². The summed E-state index contributed by atoms with van der Waals surface area (Å²) < 4.78 is 0. The molecule has 1 aliphatic heterocycles. The van der Waals surface area contributed by atoms with Crippen LogP contribution in [0.5, 0.6) is 0 Å². The first-order chi connectivity index (χ1) is 7.06. The number of rotatable bonds is 1. The van der Waals surface area contributed by atoms with Crippen molar-refractivity contribution in [2.75, 3.05) is 7.05 Å². The first-order valence-corrected chi connectivity index (χ1v) is 5.02. The molecule has 0 radical (unpaired) electrons. The van der Waals surface area contributed by atoms with Crippen LogP contribution in [0.15, 0.2) is 12.1 Å². The van der Waals surface area contributed by atoms with Crippen LogP contribution in [0.1, 0.15) is 38.8 Å². The number of carbonyl (C=O) groups excluding carboxylic acids is 2. The Morgan fingerprint density at radius 2 is 1.87 bits per heavy atom. The first kappa shape index (κ1) is 9.90. The fourth-order valence-electron chi connectivity index (χ4n) is 1.96. The largest absolute Gasteiger partial charge is 0.277 e. The van der Waals surface area contributed by atoms with Crippen molar-refractivity contribution in [3.05, 3.63) is 34.4 Å². The van der Waals surface area contributed by atoms with Gasteiger partial charge in [-0.15, -0.1) is 0 Å². The molecule has 1 aliphatic rings. The summed E-state index contributed by atoms with van der Waals surface area (Å²) in [6, 6.07) is 3.80. The van der Waals surface area contributed by atoms with Gasteiger partial charge in [-0.1, -0.05) is 13.0 Å². The molecule has 0 N–H and O–H groups in total. The molecule has 0 bridgehead atoms. The zero-order valence-corrected chi connectivity index (χ0v) is 9.13. The van der Waals surface area contributed by atoms with E-state index in [9.17, 15) is 9.59 Å². The van der Waals surface area contributed by atoms with Gasteiger partial charge < -0.3 is 0 Å². The highest BCUT2D eigenvalue weighted by Gasteiger charge is 2.34. The maximum absolute atomic E-state index is 11.7. The van der Waals surface area contributed by atoms with Crippen LogP contribution in [0.4, 0.5) is 0 Å². The normalized spacial score (nSPS) is 14.7. The van der Waals surface area contributed by atoms with E-state index < -0.39 is 0 Å². The smallest absolute Gasteiger partial charge is 0.261 e. The average Bonchev–Trinajstić information content (AvgIpc) is 2.44. The summed E-state index contributed by atoms with van der Waals surface area (Å²) in [5.41, 5.74) is 3.12. The molecule has 0 fully saturated rings. The van der Waals surface area contributed by atoms with Crippen LogP contribution in [0.2, 0.25) is 0 Å². The standard InChI is InChI=1S/C12H13NO2/c1-4-8-5-7(2)10-9(6-8)11(14)13(3)12(10)15/h5-6H,4H2,1-3H3. The van der Waals surface area contributed by atoms with Crippen LogP contribution < -0.4 is 0 Å². The number of benzene rings is 1. The van der Waals surface area contributed by atoms with Crippen molar-refractivity contribution in [3.8, 4) is 0 Å². The third-order valence-electron chi connectivity index (χ3n) is 2.86. The summed E-state index contributed by atoms with van der Waals surface area (Å²) in [4.78, 5) is 24.6. The third-order valence-corrected chi connectivity index (χ3v) is 2.86. The van der Waals surface area contributed by atoms with Gasteiger partial charge in [-0.25, -0.2) is 0 Å². The van der Waals surface area contributed by atoms with E-state index in [1.54, 1.807) is 0 Å². The number of fused-ring (bicyclic) bond motifs is 1. The summed E-state index contributed by atoms with van der Waals surface area (Å²) in [6.45, 7) is 3.91. The molecule has 3 nitrogen and oxygen atoms in total. The van der Waals surface area contributed by atoms with E-state index in [0.29, 0.717) is 11.1 Å². The van der Waals surface area contributed by atoms with E-state index in [1.807, 2.05) is 26.0 Å². The summed E-state index contributed by atoms with van der Waals surface area (Å²) in [7, 11) is 1.52. The molecule has 0 spiro atoms. The Labute approximate surface area is 88.7 Å². The van der Waals surface area contributed by atoms with Crippen LogP contribution in [0.3, 0.4) is 0 Å². The zero-order chi connectivity index (χ0) is 11.2. The highest BCUT2D eigenvalue weighted by Crippen LogP contribution is 2.26. The molecule has 1 heterocycles. The van der Waals surface area contributed by atoms with Gasteiger partial charge in [0.1, 0.15) is 0 Å². The molecule has 0 aliphatic carbocycles. The first-order valence-electron chi connectivity index (χ1n) is 5.02. The van der Waals surface area contributed by atoms with Crippen molar-refractivity contribution in [1.82, 2.24) is 4.90 Å². The lowest BCUT2D eigenvalue weighted by Gasteiger charge is -2.03. The Hall–Kier alpha value is -1.64. The van der Waals surface area contributed by atoms with E-state index in [4.69, 9.17) is 0 Å². The van der Waals surface area contributed by atoms with E-state index in [1.165, 1.54) is 11.9 Å². The molecular weight excluding hydrogens is 190 g/mol. The maximum Gasteiger partial charge on any atom is 0.261 e. The molecule has 1 aromatic carbocycles. The molecule has 2 rings (SSSR count). The summed E-state index contributed by atoms with van der Waals surface area (Å²) in [5, 5.41) is 0. The average molecular weight is 203 g/mol. The highest BCUT2D eigenvalue weighted by atomic mass is 16.2. The number of imide groups is 1. The van der Waals surface area contributed by atoms with Crippen molar-refractivity contribution in [2.24, 2.45) is 0 Å². The molecule has 78 valence electrons. The van der Waals surface area contributed by atoms with Crippen LogP contribution in [0, 0.1) is 6.92 Å². The number of carbonyl (C=O) groups is 2. The zero-order valence-electron chi connectivity index (χ0n) is 9.13. The van der Waals surface area contributed by atoms with Gasteiger partial charge in [0, 0.05) is 7.05 Å². The third kappa shape index (κ3) is 1.27. The lowest BCUT2D eigenvalue weighted by atomic mass is 9.99. The van der Waals surface area contributed by atoms with E-state index >= 15 is 0 Å². The van der Waals surface area contributed by atoms with Crippen molar-refractivity contribution in [1.29, 1.82) is 0 Å². The molecule has 0 atom stereocenters. The lowest BCUT2D eigenvalue weighted by molar-refractivity contribution is 0.0693. The van der Waals surface area contributed by atoms with Crippen molar-refractivity contribution >= 4 is 11.8 Å². The topological polar surface area (TPSA) is 37.4 Å². The maximum atomic E-state index is 11.7. The van der Waals surface area contributed by atoms with Gasteiger partial charge in [0.2, 0.25) is 0 Å². The molecule has 1 aromatic rings. The van der Waals surface area contributed by atoms with Crippen molar-refractivity contribution < 1.29 is 9.59 Å². The van der Waals surface area contributed by atoms with Crippen molar-refractivity contribution in [3.63, 3.8) is 0 Å². The SMILES string of the molecule is CCc1cc(C)c2c(c1)C(=O)N(C)C2=O. The minimum atomic E-state index is -0.187. The van der Waals surface area contributed by atoms with Gasteiger partial charge in [0.05, 0.1) is 11.1 Å². The Morgan fingerprint density at radius 3 is 2.47 bits per heavy atom. The molecule has 15 heavy (non-hydrogen) atoms. The highest BCUT2D eigenvalue weighted by molar-refractivity contribution is 6.21. The van der Waals surface area contributed by atoms with Crippen LogP contribution >= 0.6 is 0 Å². The van der Waals surface area contributed by atoms with Gasteiger partial charge >= 0.3 is 0 Å². The second kappa shape index (κ2) is 3.19. The van der Waals surface area contributed by atoms with Crippen LogP contribution in [0.25, 0.3) is 0 Å². The molecule has 0 saturated heterocycles. The van der Waals surface area contributed by atoms with Crippen LogP contribution in [-0.2, 0) is 6.42 Å². The molecule has 3 heteroatoms. The molecule has 0 saturated carbocycles. The Bertz CT molecular complexity index is 463. The van der Waals surface area contributed by atoms with E-state index in [0.717, 1.165) is 17.5 Å². The summed E-state index contributed by atoms with van der Waals surface area (Å²) in [6.07, 6.45) is 0.874. The fourth-order valence-corrected chi connectivity index (χ4v) is 1.96. The summed E-state index contributed by atoms with van der Waals surface area (Å²) >= 11 is 0. The summed E-state index contributed by atoms with van der Waals surface area (Å²) in [5.74, 6) is -0.372. The van der Waals surface area contributed by atoms with E-state index in [2.05, 4.69) is 0 Å². The second-order valence-corrected chi connectivity index (χ2v) is 3.86. The van der Waals surface area contributed by atoms with Gasteiger partial charge in [0.25, 0.3) is 11.8 Å². The molecule has 0 aromatic heterocycles. The molecular formula is C12H13NO2. The minimum Gasteiger partial charge on any atom is -0.277 e. The van der Waals surface area contributed by atoms with Gasteiger partial charge in [-0.2, -0.15) is 0 Å². The number of hydrogen-bond donors (Lipinski definition) is 0. The Balaban J connectivity index is 2.69. The predicted molar refractivity (Wildman–Crippen MR) is 57.0 cm³/mol.